The summed E-state index contributed by atoms with van der Waals surface area (Å²) in [6.07, 6.45) is 3.62. The number of aromatic nitrogens is 3. The van der Waals surface area contributed by atoms with E-state index in [1.807, 2.05) is 0 Å². The largest absolute Gasteiger partial charge is 0.417 e. The van der Waals surface area contributed by atoms with Gasteiger partial charge in [-0.2, -0.15) is 13.2 Å². The summed E-state index contributed by atoms with van der Waals surface area (Å²) in [5, 5.41) is 2.77. The predicted molar refractivity (Wildman–Crippen MR) is 119 cm³/mol. The summed E-state index contributed by atoms with van der Waals surface area (Å²) in [5.74, 6) is 0.574. The fourth-order valence-corrected chi connectivity index (χ4v) is 3.93. The van der Waals surface area contributed by atoms with E-state index in [1.165, 1.54) is 17.2 Å². The number of rotatable bonds is 4. The van der Waals surface area contributed by atoms with Crippen LogP contribution in [-0.2, 0) is 6.18 Å². The Kier molecular flexibility index (Phi) is 6.43. The minimum absolute atomic E-state index is 0.146. The zero-order valence-corrected chi connectivity index (χ0v) is 17.7. The minimum atomic E-state index is -4.53. The maximum Gasteiger partial charge on any atom is 0.417 e. The van der Waals surface area contributed by atoms with E-state index in [-0.39, 0.29) is 28.8 Å². The van der Waals surface area contributed by atoms with Crippen LogP contribution in [0.15, 0.2) is 55.0 Å². The lowest BCUT2D eigenvalue weighted by Crippen LogP contribution is -2.45. The number of pyridine rings is 3. The number of alkyl halides is 3. The zero-order chi connectivity index (χ0) is 23.4. The normalized spacial score (nSPS) is 14.6. The number of nitrogens with one attached hydrogen (secondary N) is 1. The molecule has 0 spiro atoms. The highest BCUT2D eigenvalue weighted by atomic mass is 19.4. The molecule has 1 aliphatic rings. The van der Waals surface area contributed by atoms with Gasteiger partial charge in [-0.25, -0.2) is 14.8 Å². The van der Waals surface area contributed by atoms with Crippen LogP contribution >= 0.6 is 0 Å². The number of anilines is 3. The molecule has 10 heteroatoms. The Morgan fingerprint density at radius 2 is 1.88 bits per heavy atom. The summed E-state index contributed by atoms with van der Waals surface area (Å²) < 4.78 is 39.5. The number of hydrogen-bond acceptors (Lipinski definition) is 5. The lowest BCUT2D eigenvalue weighted by atomic mass is 9.94. The highest BCUT2D eigenvalue weighted by molar-refractivity contribution is 6.03. The molecule has 4 rings (SSSR count). The molecule has 3 aromatic rings. The molecule has 2 amide bonds. The first kappa shape index (κ1) is 22.5. The van der Waals surface area contributed by atoms with Gasteiger partial charge in [-0.15, -0.1) is 0 Å². The van der Waals surface area contributed by atoms with Crippen LogP contribution in [-0.4, -0.2) is 27.0 Å². The molecular weight excluding hydrogens is 433 g/mol. The lowest BCUT2D eigenvalue weighted by Gasteiger charge is -2.34. The molecule has 0 aliphatic heterocycles. The van der Waals surface area contributed by atoms with Gasteiger partial charge in [0.05, 0.1) is 16.9 Å². The molecule has 172 valence electrons. The average molecular weight is 456 g/mol. The van der Waals surface area contributed by atoms with E-state index in [1.54, 1.807) is 30.5 Å². The molecule has 7 nitrogen and oxygen atoms in total. The van der Waals surface area contributed by atoms with Gasteiger partial charge in [-0.05, 0) is 43.2 Å². The van der Waals surface area contributed by atoms with E-state index in [4.69, 9.17) is 5.73 Å². The van der Waals surface area contributed by atoms with Gasteiger partial charge in [-0.3, -0.25) is 15.2 Å². The first-order valence-corrected chi connectivity index (χ1v) is 10.6. The molecule has 0 radical (unpaired) electrons. The molecule has 0 atom stereocenters. The number of carbonyl (C=O) groups excluding carboxylic acids is 1. The van der Waals surface area contributed by atoms with Gasteiger partial charge in [0.2, 0.25) is 0 Å². The average Bonchev–Trinajstić information content (AvgIpc) is 2.81. The summed E-state index contributed by atoms with van der Waals surface area (Å²) in [4.78, 5) is 27.2. The summed E-state index contributed by atoms with van der Waals surface area (Å²) >= 11 is 0. The number of amides is 2. The molecule has 3 aromatic heterocycles. The minimum Gasteiger partial charge on any atom is -0.396 e. The Morgan fingerprint density at radius 3 is 2.58 bits per heavy atom. The summed E-state index contributed by atoms with van der Waals surface area (Å²) in [7, 11) is 0. The maximum absolute atomic E-state index is 13.3. The molecule has 1 fully saturated rings. The third-order valence-electron chi connectivity index (χ3n) is 5.55. The number of halogens is 3. The number of urea groups is 1. The van der Waals surface area contributed by atoms with Crippen molar-refractivity contribution in [3.8, 4) is 11.3 Å². The number of nitrogen functional groups attached to an aromatic ring is 1. The molecule has 0 bridgehead atoms. The van der Waals surface area contributed by atoms with Gasteiger partial charge < -0.3 is 5.73 Å². The number of nitrogens with two attached hydrogens (primary N) is 1. The number of carbonyl (C=O) groups is 1. The van der Waals surface area contributed by atoms with Crippen molar-refractivity contribution in [2.24, 2.45) is 0 Å². The van der Waals surface area contributed by atoms with Crippen molar-refractivity contribution >= 4 is 23.4 Å². The molecule has 0 unspecified atom stereocenters. The molecule has 0 saturated heterocycles. The monoisotopic (exact) mass is 456 g/mol. The van der Waals surface area contributed by atoms with E-state index >= 15 is 0 Å². The second-order valence-corrected chi connectivity index (χ2v) is 7.88. The molecule has 1 saturated carbocycles. The second kappa shape index (κ2) is 9.43. The van der Waals surface area contributed by atoms with Crippen LogP contribution in [0.25, 0.3) is 11.3 Å². The quantitative estimate of drug-likeness (QED) is 0.540. The summed E-state index contributed by atoms with van der Waals surface area (Å²) in [5.41, 5.74) is 6.00. The smallest absolute Gasteiger partial charge is 0.396 e. The molecule has 3 N–H and O–H groups in total. The molecule has 3 heterocycles. The number of hydrogen-bond donors (Lipinski definition) is 2. The Balaban J connectivity index is 1.73. The van der Waals surface area contributed by atoms with Crippen LogP contribution in [0.1, 0.15) is 37.7 Å². The van der Waals surface area contributed by atoms with Crippen molar-refractivity contribution in [2.75, 3.05) is 16.0 Å². The Labute approximate surface area is 188 Å². The van der Waals surface area contributed by atoms with Gasteiger partial charge >= 0.3 is 12.2 Å². The predicted octanol–water partition coefficient (Wildman–Crippen LogP) is 5.51. The van der Waals surface area contributed by atoms with Crippen molar-refractivity contribution < 1.29 is 18.0 Å². The standard InChI is InChI=1S/C23H23F3N6O/c24-23(25,26)16-12-15(13-28-14-16)19-10-9-18(27)21(30-19)32(17-6-2-1-3-7-17)22(33)31-20-8-4-5-11-29-20/h4-5,8-14,17H,1-3,6-7,27H2,(H,29,31,33). The van der Waals surface area contributed by atoms with Crippen LogP contribution in [0.5, 0.6) is 0 Å². The van der Waals surface area contributed by atoms with Crippen LogP contribution in [0.2, 0.25) is 0 Å². The Bertz CT molecular complexity index is 1120. The van der Waals surface area contributed by atoms with Gasteiger partial charge in [-0.1, -0.05) is 25.3 Å². The van der Waals surface area contributed by atoms with Crippen LogP contribution < -0.4 is 16.0 Å². The molecule has 1 aliphatic carbocycles. The maximum atomic E-state index is 13.3. The summed E-state index contributed by atoms with van der Waals surface area (Å²) in [6, 6.07) is 8.61. The molecule has 33 heavy (non-hydrogen) atoms. The fraction of sp³-hybridized carbons (Fsp3) is 0.304. The topological polar surface area (TPSA) is 97.0 Å². The van der Waals surface area contributed by atoms with E-state index in [9.17, 15) is 18.0 Å². The molecular formula is C23H23F3N6O. The van der Waals surface area contributed by atoms with Crippen LogP contribution in [0.3, 0.4) is 0 Å². The highest BCUT2D eigenvalue weighted by Crippen LogP contribution is 2.34. The van der Waals surface area contributed by atoms with Crippen molar-refractivity contribution in [3.05, 3.63) is 60.6 Å². The Hall–Kier alpha value is -3.69. The lowest BCUT2D eigenvalue weighted by molar-refractivity contribution is -0.137. The molecule has 0 aromatic carbocycles. The van der Waals surface area contributed by atoms with Crippen LogP contribution in [0, 0.1) is 0 Å². The SMILES string of the molecule is Nc1ccc(-c2cncc(C(F)(F)F)c2)nc1N(C(=O)Nc1ccccn1)C1CCCCC1. The van der Waals surface area contributed by atoms with Crippen molar-refractivity contribution in [3.63, 3.8) is 0 Å². The Morgan fingerprint density at radius 1 is 1.09 bits per heavy atom. The van der Waals surface area contributed by atoms with E-state index in [0.29, 0.717) is 5.82 Å². The third kappa shape index (κ3) is 5.21. The van der Waals surface area contributed by atoms with Crippen molar-refractivity contribution in [1.82, 2.24) is 15.0 Å². The van der Waals surface area contributed by atoms with E-state index < -0.39 is 17.8 Å². The zero-order valence-electron chi connectivity index (χ0n) is 17.7. The van der Waals surface area contributed by atoms with Crippen molar-refractivity contribution in [2.45, 2.75) is 44.3 Å². The van der Waals surface area contributed by atoms with Gasteiger partial charge in [0.15, 0.2) is 5.82 Å². The van der Waals surface area contributed by atoms with Gasteiger partial charge in [0.1, 0.15) is 5.82 Å². The van der Waals surface area contributed by atoms with Crippen molar-refractivity contribution in [1.29, 1.82) is 0 Å². The second-order valence-electron chi connectivity index (χ2n) is 7.88. The highest BCUT2D eigenvalue weighted by Gasteiger charge is 2.32. The first-order chi connectivity index (χ1) is 15.8. The van der Waals surface area contributed by atoms with Crippen LogP contribution in [0.4, 0.5) is 35.3 Å². The number of nitrogens with zero attached hydrogens (tertiary/aromatic N) is 4. The fourth-order valence-electron chi connectivity index (χ4n) is 3.93. The summed E-state index contributed by atoms with van der Waals surface area (Å²) in [6.45, 7) is 0. The van der Waals surface area contributed by atoms with E-state index in [2.05, 4.69) is 20.3 Å². The first-order valence-electron chi connectivity index (χ1n) is 10.6. The van der Waals surface area contributed by atoms with Gasteiger partial charge in [0, 0.05) is 30.2 Å². The van der Waals surface area contributed by atoms with E-state index in [0.717, 1.165) is 44.4 Å². The third-order valence-corrected chi connectivity index (χ3v) is 5.55. The van der Waals surface area contributed by atoms with Gasteiger partial charge in [0.25, 0.3) is 0 Å².